The van der Waals surface area contributed by atoms with Gasteiger partial charge in [-0.05, 0) is 37.8 Å². The van der Waals surface area contributed by atoms with Gasteiger partial charge in [0.15, 0.2) is 5.78 Å². The molecule has 6 nitrogen and oxygen atoms in total. The molecule has 6 heteroatoms. The number of dihydropyridines is 1. The molecule has 1 heterocycles. The number of Topliss-reactive ketones (excluding diaryl/α,β-unsaturated/α-hetero) is 1. The highest BCUT2D eigenvalue weighted by Crippen LogP contribution is 2.47. The van der Waals surface area contributed by atoms with E-state index in [0.29, 0.717) is 48.6 Å². The molecule has 1 N–H and O–H groups in total. The lowest BCUT2D eigenvalue weighted by atomic mass is 9.71. The lowest BCUT2D eigenvalue weighted by Crippen LogP contribution is -2.36. The summed E-state index contributed by atoms with van der Waals surface area (Å²) in [6.45, 7) is 4.79. The van der Waals surface area contributed by atoms with Gasteiger partial charge in [-0.2, -0.15) is 0 Å². The molecule has 2 aliphatic rings. The predicted molar refractivity (Wildman–Crippen MR) is 129 cm³/mol. The number of rotatable bonds is 8. The average molecular weight is 462 g/mol. The minimum Gasteiger partial charge on any atom is -0.496 e. The third-order valence-electron chi connectivity index (χ3n) is 6.43. The van der Waals surface area contributed by atoms with Gasteiger partial charge in [-0.3, -0.25) is 4.79 Å². The van der Waals surface area contributed by atoms with Crippen LogP contribution in [0.25, 0.3) is 0 Å². The molecular weight excluding hydrogens is 430 g/mol. The number of hydrogen-bond acceptors (Lipinski definition) is 6. The van der Waals surface area contributed by atoms with Crippen LogP contribution in [0.3, 0.4) is 0 Å². The van der Waals surface area contributed by atoms with Gasteiger partial charge in [0.25, 0.3) is 0 Å². The summed E-state index contributed by atoms with van der Waals surface area (Å²) in [4.78, 5) is 26.9. The van der Waals surface area contributed by atoms with E-state index in [1.165, 1.54) is 0 Å². The lowest BCUT2D eigenvalue weighted by Gasteiger charge is -2.37. The van der Waals surface area contributed by atoms with Crippen LogP contribution in [0.2, 0.25) is 0 Å². The number of nitrogens with one attached hydrogen (secondary N) is 1. The van der Waals surface area contributed by atoms with E-state index in [-0.39, 0.29) is 18.3 Å². The van der Waals surface area contributed by atoms with Crippen molar-refractivity contribution in [3.8, 4) is 5.75 Å². The molecule has 0 spiro atoms. The maximum atomic E-state index is 13.6. The SMILES string of the molecule is CCOCCOC(=O)C1=C(C)NC2=C(C(=O)CC(c3ccccc3)C2)C1c1ccccc1OC. The zero-order valence-electron chi connectivity index (χ0n) is 19.9. The standard InChI is InChI=1S/C28H31NO5/c1-4-33-14-15-34-28(31)25-18(2)29-22-16-20(19-10-6-5-7-11-19)17-23(30)27(22)26(25)21-12-8-9-13-24(21)32-3/h5-13,20,26,29H,4,14-17H2,1-3H3. The molecule has 0 bridgehead atoms. The number of esters is 1. The van der Waals surface area contributed by atoms with Gasteiger partial charge in [-0.25, -0.2) is 4.79 Å². The Balaban J connectivity index is 1.75. The second-order valence-electron chi connectivity index (χ2n) is 8.50. The van der Waals surface area contributed by atoms with E-state index in [9.17, 15) is 9.59 Å². The molecule has 0 aromatic heterocycles. The number of allylic oxidation sites excluding steroid dienone is 3. The minimum absolute atomic E-state index is 0.0330. The molecule has 2 aromatic carbocycles. The molecule has 1 aliphatic carbocycles. The Bertz CT molecular complexity index is 1120. The number of para-hydroxylation sites is 1. The van der Waals surface area contributed by atoms with Crippen molar-refractivity contribution in [2.24, 2.45) is 0 Å². The summed E-state index contributed by atoms with van der Waals surface area (Å²) in [6, 6.07) is 17.6. The van der Waals surface area contributed by atoms with Crippen LogP contribution in [-0.2, 0) is 19.1 Å². The summed E-state index contributed by atoms with van der Waals surface area (Å²) in [6.07, 6.45) is 1.09. The Hall–Kier alpha value is -3.38. The Morgan fingerprint density at radius 1 is 1.03 bits per heavy atom. The van der Waals surface area contributed by atoms with Crippen molar-refractivity contribution < 1.29 is 23.8 Å². The van der Waals surface area contributed by atoms with Gasteiger partial charge in [0.2, 0.25) is 0 Å². The van der Waals surface area contributed by atoms with Crippen LogP contribution in [0.1, 0.15) is 49.7 Å². The number of carbonyl (C=O) groups is 2. The molecule has 0 fully saturated rings. The summed E-state index contributed by atoms with van der Waals surface area (Å²) in [5.41, 5.74) is 4.54. The first kappa shape index (κ1) is 23.8. The number of ketones is 1. The van der Waals surface area contributed by atoms with Gasteiger partial charge in [0.05, 0.1) is 25.2 Å². The first-order valence-corrected chi connectivity index (χ1v) is 11.7. The zero-order valence-corrected chi connectivity index (χ0v) is 19.9. The summed E-state index contributed by atoms with van der Waals surface area (Å²) >= 11 is 0. The zero-order chi connectivity index (χ0) is 24.1. The van der Waals surface area contributed by atoms with Gasteiger partial charge in [0.1, 0.15) is 12.4 Å². The Morgan fingerprint density at radius 3 is 2.50 bits per heavy atom. The maximum Gasteiger partial charge on any atom is 0.336 e. The second kappa shape index (κ2) is 10.7. The molecule has 34 heavy (non-hydrogen) atoms. The third-order valence-corrected chi connectivity index (χ3v) is 6.43. The van der Waals surface area contributed by atoms with Crippen LogP contribution in [0.15, 0.2) is 77.1 Å². The second-order valence-corrected chi connectivity index (χ2v) is 8.50. The molecular formula is C28H31NO5. The van der Waals surface area contributed by atoms with Gasteiger partial charge in [0, 0.05) is 35.6 Å². The fourth-order valence-corrected chi connectivity index (χ4v) is 4.90. The highest BCUT2D eigenvalue weighted by atomic mass is 16.6. The van der Waals surface area contributed by atoms with Crippen molar-refractivity contribution in [1.82, 2.24) is 5.32 Å². The van der Waals surface area contributed by atoms with E-state index in [2.05, 4.69) is 17.4 Å². The van der Waals surface area contributed by atoms with Crippen LogP contribution in [-0.4, -0.2) is 38.7 Å². The van der Waals surface area contributed by atoms with Gasteiger partial charge < -0.3 is 19.5 Å². The van der Waals surface area contributed by atoms with Crippen molar-refractivity contribution in [3.05, 3.63) is 88.3 Å². The summed E-state index contributed by atoms with van der Waals surface area (Å²) in [7, 11) is 1.60. The van der Waals surface area contributed by atoms with Crippen molar-refractivity contribution in [2.45, 2.75) is 38.5 Å². The number of benzene rings is 2. The molecule has 0 amide bonds. The maximum absolute atomic E-state index is 13.6. The predicted octanol–water partition coefficient (Wildman–Crippen LogP) is 4.64. The number of carbonyl (C=O) groups excluding carboxylic acids is 2. The van der Waals surface area contributed by atoms with E-state index in [1.807, 2.05) is 56.3 Å². The summed E-state index contributed by atoms with van der Waals surface area (Å²) in [5, 5.41) is 3.38. The highest BCUT2D eigenvalue weighted by molar-refractivity contribution is 6.04. The Labute approximate surface area is 200 Å². The smallest absolute Gasteiger partial charge is 0.336 e. The van der Waals surface area contributed by atoms with Crippen LogP contribution in [0.4, 0.5) is 0 Å². The van der Waals surface area contributed by atoms with Gasteiger partial charge in [-0.1, -0.05) is 48.5 Å². The molecule has 2 unspecified atom stereocenters. The largest absolute Gasteiger partial charge is 0.496 e. The highest BCUT2D eigenvalue weighted by Gasteiger charge is 2.42. The van der Waals surface area contributed by atoms with Crippen molar-refractivity contribution in [3.63, 3.8) is 0 Å². The molecule has 2 atom stereocenters. The first-order valence-electron chi connectivity index (χ1n) is 11.7. The monoisotopic (exact) mass is 461 g/mol. The van der Waals surface area contributed by atoms with Crippen molar-refractivity contribution >= 4 is 11.8 Å². The lowest BCUT2D eigenvalue weighted by molar-refractivity contribution is -0.140. The molecule has 2 aromatic rings. The third kappa shape index (κ3) is 4.77. The van der Waals surface area contributed by atoms with Gasteiger partial charge in [-0.15, -0.1) is 0 Å². The summed E-state index contributed by atoms with van der Waals surface area (Å²) < 4.78 is 16.5. The van der Waals surface area contributed by atoms with Crippen molar-refractivity contribution in [2.75, 3.05) is 26.9 Å². The van der Waals surface area contributed by atoms with Crippen LogP contribution in [0, 0.1) is 0 Å². The average Bonchev–Trinajstić information content (AvgIpc) is 2.86. The summed E-state index contributed by atoms with van der Waals surface area (Å²) in [5.74, 6) is -0.260. The normalized spacial score (nSPS) is 20.0. The topological polar surface area (TPSA) is 73.9 Å². The number of hydrogen-bond donors (Lipinski definition) is 1. The molecule has 4 rings (SSSR count). The van der Waals surface area contributed by atoms with Crippen molar-refractivity contribution in [1.29, 1.82) is 0 Å². The van der Waals surface area contributed by atoms with E-state index < -0.39 is 11.9 Å². The van der Waals surface area contributed by atoms with E-state index in [1.54, 1.807) is 7.11 Å². The number of ether oxygens (including phenoxy) is 3. The van der Waals surface area contributed by atoms with Gasteiger partial charge >= 0.3 is 5.97 Å². The molecule has 1 aliphatic heterocycles. The van der Waals surface area contributed by atoms with Crippen LogP contribution < -0.4 is 10.1 Å². The molecule has 0 radical (unpaired) electrons. The van der Waals surface area contributed by atoms with E-state index in [0.717, 1.165) is 16.8 Å². The molecule has 0 saturated heterocycles. The minimum atomic E-state index is -0.559. The quantitative estimate of drug-likeness (QED) is 0.456. The molecule has 178 valence electrons. The fraction of sp³-hybridized carbons (Fsp3) is 0.357. The van der Waals surface area contributed by atoms with E-state index in [4.69, 9.17) is 14.2 Å². The number of methoxy groups -OCH3 is 1. The Morgan fingerprint density at radius 2 is 1.76 bits per heavy atom. The first-order chi connectivity index (χ1) is 16.5. The van der Waals surface area contributed by atoms with Crippen LogP contribution >= 0.6 is 0 Å². The van der Waals surface area contributed by atoms with E-state index >= 15 is 0 Å². The van der Waals surface area contributed by atoms with Crippen LogP contribution in [0.5, 0.6) is 5.75 Å². The fourth-order valence-electron chi connectivity index (χ4n) is 4.90. The Kier molecular flexibility index (Phi) is 7.48. The molecule has 0 saturated carbocycles.